The number of ether oxygens (including phenoxy) is 2. The maximum Gasteiger partial charge on any atom is 0.179 e. The number of aliphatic hydroxyl groups is 1. The number of benzene rings is 1. The summed E-state index contributed by atoms with van der Waals surface area (Å²) in [5.74, 6) is 1.23. The molecule has 1 aromatic carbocycles. The first-order valence-electron chi connectivity index (χ1n) is 6.99. The molecule has 0 aliphatic rings. The van der Waals surface area contributed by atoms with Crippen LogP contribution < -0.4 is 14.8 Å². The van der Waals surface area contributed by atoms with Gasteiger partial charge in [0, 0.05) is 12.6 Å². The molecule has 0 spiro atoms. The lowest BCUT2D eigenvalue weighted by Crippen LogP contribution is -2.31. The standard InChI is InChI=1S/C15H24ClNO3/c1-4-6-20-15-13(16)7-11(8-14(15)19-3)9-17-12(5-2)10-18/h7-8,12,17-18H,4-6,9-10H2,1-3H3. The van der Waals surface area contributed by atoms with Crippen LogP contribution in [-0.2, 0) is 6.54 Å². The third-order valence-corrected chi connectivity index (χ3v) is 3.33. The van der Waals surface area contributed by atoms with Gasteiger partial charge >= 0.3 is 0 Å². The van der Waals surface area contributed by atoms with Gasteiger partial charge in [-0.2, -0.15) is 0 Å². The van der Waals surface area contributed by atoms with Gasteiger partial charge < -0.3 is 19.9 Å². The van der Waals surface area contributed by atoms with Gasteiger partial charge in [-0.25, -0.2) is 0 Å². The van der Waals surface area contributed by atoms with Crippen molar-refractivity contribution in [1.82, 2.24) is 5.32 Å². The van der Waals surface area contributed by atoms with Crippen molar-refractivity contribution in [3.63, 3.8) is 0 Å². The Hall–Kier alpha value is -0.970. The van der Waals surface area contributed by atoms with Crippen molar-refractivity contribution in [1.29, 1.82) is 0 Å². The molecule has 0 fully saturated rings. The van der Waals surface area contributed by atoms with Crippen LogP contribution in [0.5, 0.6) is 11.5 Å². The van der Waals surface area contributed by atoms with Crippen LogP contribution in [0.2, 0.25) is 5.02 Å². The van der Waals surface area contributed by atoms with Crippen LogP contribution in [0.15, 0.2) is 12.1 Å². The highest BCUT2D eigenvalue weighted by Gasteiger charge is 2.12. The van der Waals surface area contributed by atoms with Crippen LogP contribution in [0.25, 0.3) is 0 Å². The van der Waals surface area contributed by atoms with Gasteiger partial charge in [-0.05, 0) is 30.5 Å². The Kier molecular flexibility index (Phi) is 7.73. The Labute approximate surface area is 126 Å². The molecule has 0 saturated carbocycles. The molecule has 0 heterocycles. The minimum atomic E-state index is 0.0933. The first-order chi connectivity index (χ1) is 9.65. The van der Waals surface area contributed by atoms with Crippen LogP contribution in [0, 0.1) is 0 Å². The molecule has 114 valence electrons. The molecule has 1 aromatic rings. The second-order valence-electron chi connectivity index (χ2n) is 4.63. The van der Waals surface area contributed by atoms with E-state index in [9.17, 15) is 0 Å². The minimum Gasteiger partial charge on any atom is -0.493 e. The molecule has 0 aliphatic carbocycles. The normalized spacial score (nSPS) is 12.2. The average molecular weight is 302 g/mol. The smallest absolute Gasteiger partial charge is 0.179 e. The second kappa shape index (κ2) is 9.06. The number of nitrogens with one attached hydrogen (secondary N) is 1. The van der Waals surface area contributed by atoms with Crippen molar-refractivity contribution < 1.29 is 14.6 Å². The molecule has 0 aliphatic heterocycles. The van der Waals surface area contributed by atoms with Crippen molar-refractivity contribution in [3.8, 4) is 11.5 Å². The van der Waals surface area contributed by atoms with E-state index in [1.54, 1.807) is 7.11 Å². The number of aliphatic hydroxyl groups excluding tert-OH is 1. The number of hydrogen-bond acceptors (Lipinski definition) is 4. The lowest BCUT2D eigenvalue weighted by atomic mass is 10.1. The van der Waals surface area contributed by atoms with Crippen molar-refractivity contribution in [3.05, 3.63) is 22.7 Å². The predicted octanol–water partition coefficient (Wildman–Crippen LogP) is 3.00. The molecule has 1 rings (SSSR count). The molecule has 0 saturated heterocycles. The third-order valence-electron chi connectivity index (χ3n) is 3.05. The summed E-state index contributed by atoms with van der Waals surface area (Å²) in [5.41, 5.74) is 1.00. The highest BCUT2D eigenvalue weighted by molar-refractivity contribution is 6.32. The molecular weight excluding hydrogens is 278 g/mol. The van der Waals surface area contributed by atoms with Crippen molar-refractivity contribution in [2.75, 3.05) is 20.3 Å². The number of methoxy groups -OCH3 is 1. The first kappa shape index (κ1) is 17.1. The van der Waals surface area contributed by atoms with E-state index >= 15 is 0 Å². The zero-order chi connectivity index (χ0) is 15.0. The first-order valence-corrected chi connectivity index (χ1v) is 7.37. The van der Waals surface area contributed by atoms with Gasteiger partial charge in [0.05, 0.1) is 25.3 Å². The Morgan fingerprint density at radius 1 is 1.35 bits per heavy atom. The Morgan fingerprint density at radius 2 is 2.10 bits per heavy atom. The molecule has 0 aromatic heterocycles. The summed E-state index contributed by atoms with van der Waals surface area (Å²) in [4.78, 5) is 0. The van der Waals surface area contributed by atoms with Crippen LogP contribution in [0.1, 0.15) is 32.3 Å². The lowest BCUT2D eigenvalue weighted by Gasteiger charge is -2.16. The van der Waals surface area contributed by atoms with Crippen molar-refractivity contribution in [2.24, 2.45) is 0 Å². The number of rotatable bonds is 9. The molecule has 0 bridgehead atoms. The van der Waals surface area contributed by atoms with Crippen LogP contribution in [0.4, 0.5) is 0 Å². The zero-order valence-electron chi connectivity index (χ0n) is 12.4. The minimum absolute atomic E-state index is 0.0933. The van der Waals surface area contributed by atoms with E-state index in [-0.39, 0.29) is 12.6 Å². The fraction of sp³-hybridized carbons (Fsp3) is 0.600. The van der Waals surface area contributed by atoms with E-state index in [0.717, 1.165) is 18.4 Å². The van der Waals surface area contributed by atoms with Gasteiger partial charge in [0.25, 0.3) is 0 Å². The summed E-state index contributed by atoms with van der Waals surface area (Å²) in [7, 11) is 1.60. The molecule has 1 atom stereocenters. The predicted molar refractivity (Wildman–Crippen MR) is 81.8 cm³/mol. The maximum absolute atomic E-state index is 9.17. The molecular formula is C15H24ClNO3. The zero-order valence-corrected chi connectivity index (χ0v) is 13.2. The van der Waals surface area contributed by atoms with Gasteiger partial charge in [-0.15, -0.1) is 0 Å². The van der Waals surface area contributed by atoms with E-state index < -0.39 is 0 Å². The van der Waals surface area contributed by atoms with Gasteiger partial charge in [-0.3, -0.25) is 0 Å². The maximum atomic E-state index is 9.17. The summed E-state index contributed by atoms with van der Waals surface area (Å²) < 4.78 is 11.0. The quantitative estimate of drug-likeness (QED) is 0.736. The van der Waals surface area contributed by atoms with Crippen LogP contribution in [-0.4, -0.2) is 31.5 Å². The van der Waals surface area contributed by atoms with Gasteiger partial charge in [-0.1, -0.05) is 25.4 Å². The van der Waals surface area contributed by atoms with Gasteiger partial charge in [0.1, 0.15) is 0 Å². The van der Waals surface area contributed by atoms with Crippen molar-refractivity contribution >= 4 is 11.6 Å². The average Bonchev–Trinajstić information content (AvgIpc) is 2.46. The van der Waals surface area contributed by atoms with E-state index in [4.69, 9.17) is 26.2 Å². The third kappa shape index (κ3) is 4.85. The lowest BCUT2D eigenvalue weighted by molar-refractivity contribution is 0.238. The molecule has 0 radical (unpaired) electrons. The molecule has 20 heavy (non-hydrogen) atoms. The van der Waals surface area contributed by atoms with E-state index in [1.807, 2.05) is 26.0 Å². The topological polar surface area (TPSA) is 50.7 Å². The summed E-state index contributed by atoms with van der Waals surface area (Å²) in [6.45, 7) is 5.43. The summed E-state index contributed by atoms with van der Waals surface area (Å²) >= 11 is 6.25. The Balaban J connectivity index is 2.81. The Bertz CT molecular complexity index is 408. The summed E-state index contributed by atoms with van der Waals surface area (Å²) in [6, 6.07) is 3.87. The monoisotopic (exact) mass is 301 g/mol. The highest BCUT2D eigenvalue weighted by Crippen LogP contribution is 2.36. The summed E-state index contributed by atoms with van der Waals surface area (Å²) in [5, 5.41) is 13.0. The molecule has 2 N–H and O–H groups in total. The fourth-order valence-electron chi connectivity index (χ4n) is 1.82. The molecule has 5 heteroatoms. The largest absolute Gasteiger partial charge is 0.493 e. The SMILES string of the molecule is CCCOc1c(Cl)cc(CNC(CC)CO)cc1OC. The highest BCUT2D eigenvalue weighted by atomic mass is 35.5. The number of hydrogen-bond donors (Lipinski definition) is 2. The molecule has 1 unspecified atom stereocenters. The van der Waals surface area contributed by atoms with Crippen LogP contribution >= 0.6 is 11.6 Å². The molecule has 4 nitrogen and oxygen atoms in total. The van der Waals surface area contributed by atoms with E-state index in [2.05, 4.69) is 5.32 Å². The van der Waals surface area contributed by atoms with E-state index in [0.29, 0.717) is 29.7 Å². The van der Waals surface area contributed by atoms with Gasteiger partial charge in [0.15, 0.2) is 11.5 Å². The fourth-order valence-corrected chi connectivity index (χ4v) is 2.11. The summed E-state index contributed by atoms with van der Waals surface area (Å²) in [6.07, 6.45) is 1.79. The van der Waals surface area contributed by atoms with Crippen LogP contribution in [0.3, 0.4) is 0 Å². The second-order valence-corrected chi connectivity index (χ2v) is 5.03. The van der Waals surface area contributed by atoms with E-state index in [1.165, 1.54) is 0 Å². The Morgan fingerprint density at radius 3 is 2.65 bits per heavy atom. The molecule has 0 amide bonds. The van der Waals surface area contributed by atoms with Gasteiger partial charge in [0.2, 0.25) is 0 Å². The van der Waals surface area contributed by atoms with Crippen molar-refractivity contribution in [2.45, 2.75) is 39.3 Å². The number of halogens is 1.